The van der Waals surface area contributed by atoms with Gasteiger partial charge in [-0.1, -0.05) is 25.4 Å². The van der Waals surface area contributed by atoms with E-state index in [4.69, 9.17) is 16.3 Å². The number of rotatable bonds is 3. The van der Waals surface area contributed by atoms with Gasteiger partial charge < -0.3 is 9.84 Å². The first-order chi connectivity index (χ1) is 8.95. The summed E-state index contributed by atoms with van der Waals surface area (Å²) in [6.45, 7) is 3.86. The van der Waals surface area contributed by atoms with Crippen LogP contribution in [-0.4, -0.2) is 23.2 Å². The fraction of sp³-hybridized carbons (Fsp3) is 0.286. The van der Waals surface area contributed by atoms with Gasteiger partial charge in [0, 0.05) is 11.5 Å². The van der Waals surface area contributed by atoms with E-state index in [1.807, 2.05) is 19.9 Å². The summed E-state index contributed by atoms with van der Waals surface area (Å²) in [7, 11) is 1.57. The molecule has 1 heterocycles. The molecule has 0 aliphatic heterocycles. The third kappa shape index (κ3) is 2.36. The molecule has 0 saturated carbocycles. The number of nitrogens with zero attached hydrogens (tertiary/aromatic N) is 1. The zero-order chi connectivity index (χ0) is 14.2. The Morgan fingerprint density at radius 3 is 2.63 bits per heavy atom. The SMILES string of the molecule is COc1ccc2c(C(C)C)c(C(=O)O)c(Cl)nc2c1. The molecule has 0 atom stereocenters. The van der Waals surface area contributed by atoms with Gasteiger partial charge in [-0.25, -0.2) is 9.78 Å². The van der Waals surface area contributed by atoms with Crippen LogP contribution in [0.4, 0.5) is 0 Å². The summed E-state index contributed by atoms with van der Waals surface area (Å²) in [5.41, 5.74) is 1.41. The van der Waals surface area contributed by atoms with Crippen molar-refractivity contribution in [1.82, 2.24) is 4.98 Å². The maximum atomic E-state index is 11.4. The van der Waals surface area contributed by atoms with Crippen molar-refractivity contribution in [2.24, 2.45) is 0 Å². The number of fused-ring (bicyclic) bond motifs is 1. The van der Waals surface area contributed by atoms with Crippen LogP contribution in [0.2, 0.25) is 5.15 Å². The smallest absolute Gasteiger partial charge is 0.339 e. The third-order valence-corrected chi connectivity index (χ3v) is 3.25. The Kier molecular flexibility index (Phi) is 3.62. The van der Waals surface area contributed by atoms with Crippen LogP contribution in [0, 0.1) is 0 Å². The monoisotopic (exact) mass is 279 g/mol. The first kappa shape index (κ1) is 13.6. The standard InChI is InChI=1S/C14H14ClNO3/c1-7(2)11-9-5-4-8(19-3)6-10(9)16-13(15)12(11)14(17)18/h4-7H,1-3H3,(H,17,18). The summed E-state index contributed by atoms with van der Waals surface area (Å²) in [5.74, 6) is -0.365. The second-order valence-corrected chi connectivity index (χ2v) is 4.89. The van der Waals surface area contributed by atoms with E-state index < -0.39 is 5.97 Å². The molecule has 0 fully saturated rings. The Morgan fingerprint density at radius 1 is 1.42 bits per heavy atom. The number of benzene rings is 1. The van der Waals surface area contributed by atoms with Crippen molar-refractivity contribution in [2.45, 2.75) is 19.8 Å². The predicted molar refractivity (Wildman–Crippen MR) is 74.4 cm³/mol. The number of carboxylic acids is 1. The molecule has 0 saturated heterocycles. The topological polar surface area (TPSA) is 59.4 Å². The molecule has 0 amide bonds. The Morgan fingerprint density at radius 2 is 2.11 bits per heavy atom. The van der Waals surface area contributed by atoms with Crippen LogP contribution >= 0.6 is 11.6 Å². The average molecular weight is 280 g/mol. The van der Waals surface area contributed by atoms with E-state index in [-0.39, 0.29) is 16.6 Å². The average Bonchev–Trinajstić information content (AvgIpc) is 2.35. The lowest BCUT2D eigenvalue weighted by atomic mass is 9.94. The highest BCUT2D eigenvalue weighted by molar-refractivity contribution is 6.33. The molecule has 100 valence electrons. The molecule has 2 rings (SSSR count). The molecule has 4 nitrogen and oxygen atoms in total. The number of carboxylic acid groups (broad SMARTS) is 1. The van der Waals surface area contributed by atoms with Crippen LogP contribution in [0.5, 0.6) is 5.75 Å². The van der Waals surface area contributed by atoms with Crippen LogP contribution in [-0.2, 0) is 0 Å². The van der Waals surface area contributed by atoms with Gasteiger partial charge in [0.2, 0.25) is 0 Å². The van der Waals surface area contributed by atoms with E-state index in [9.17, 15) is 9.90 Å². The van der Waals surface area contributed by atoms with Crippen molar-refractivity contribution >= 4 is 28.5 Å². The summed E-state index contributed by atoms with van der Waals surface area (Å²) in [6, 6.07) is 5.35. The Bertz CT molecular complexity index is 653. The van der Waals surface area contributed by atoms with Crippen LogP contribution in [0.15, 0.2) is 18.2 Å². The van der Waals surface area contributed by atoms with Gasteiger partial charge in [0.1, 0.15) is 16.5 Å². The molecule has 0 bridgehead atoms. The molecular formula is C14H14ClNO3. The van der Waals surface area contributed by atoms with Gasteiger partial charge in [-0.05, 0) is 23.6 Å². The fourth-order valence-electron chi connectivity index (χ4n) is 2.17. The van der Waals surface area contributed by atoms with Crippen LogP contribution in [0.25, 0.3) is 10.9 Å². The summed E-state index contributed by atoms with van der Waals surface area (Å²) in [5, 5.41) is 10.1. The van der Waals surface area contributed by atoms with Gasteiger partial charge in [0.05, 0.1) is 12.6 Å². The summed E-state index contributed by atoms with van der Waals surface area (Å²) >= 11 is 6.01. The zero-order valence-corrected chi connectivity index (χ0v) is 11.7. The third-order valence-electron chi connectivity index (χ3n) is 2.98. The molecule has 0 aliphatic rings. The normalized spacial score (nSPS) is 11.0. The van der Waals surface area contributed by atoms with Gasteiger partial charge in [0.25, 0.3) is 0 Å². The minimum absolute atomic E-state index is 0.0111. The van der Waals surface area contributed by atoms with E-state index in [1.54, 1.807) is 19.2 Å². The molecule has 5 heteroatoms. The number of methoxy groups -OCH3 is 1. The Balaban J connectivity index is 2.88. The van der Waals surface area contributed by atoms with E-state index in [2.05, 4.69) is 4.98 Å². The molecule has 1 aromatic carbocycles. The van der Waals surface area contributed by atoms with Gasteiger partial charge in [-0.15, -0.1) is 0 Å². The predicted octanol–water partition coefficient (Wildman–Crippen LogP) is 3.72. The van der Waals surface area contributed by atoms with E-state index >= 15 is 0 Å². The van der Waals surface area contributed by atoms with E-state index in [0.29, 0.717) is 16.8 Å². The van der Waals surface area contributed by atoms with Crippen LogP contribution < -0.4 is 4.74 Å². The van der Waals surface area contributed by atoms with Crippen LogP contribution in [0.3, 0.4) is 0 Å². The van der Waals surface area contributed by atoms with Gasteiger partial charge in [-0.3, -0.25) is 0 Å². The highest BCUT2D eigenvalue weighted by Gasteiger charge is 2.21. The van der Waals surface area contributed by atoms with Crippen molar-refractivity contribution in [3.8, 4) is 5.75 Å². The highest BCUT2D eigenvalue weighted by Crippen LogP contribution is 2.33. The van der Waals surface area contributed by atoms with Crippen molar-refractivity contribution in [3.63, 3.8) is 0 Å². The highest BCUT2D eigenvalue weighted by atomic mass is 35.5. The van der Waals surface area contributed by atoms with Gasteiger partial charge in [0.15, 0.2) is 0 Å². The summed E-state index contributed by atoms with van der Waals surface area (Å²) in [6.07, 6.45) is 0. The number of hydrogen-bond donors (Lipinski definition) is 1. The molecule has 0 radical (unpaired) electrons. The van der Waals surface area contributed by atoms with E-state index in [0.717, 1.165) is 5.39 Å². The molecule has 0 aliphatic carbocycles. The summed E-state index contributed by atoms with van der Waals surface area (Å²) in [4.78, 5) is 15.5. The number of aromatic nitrogens is 1. The largest absolute Gasteiger partial charge is 0.497 e. The molecule has 0 unspecified atom stereocenters. The van der Waals surface area contributed by atoms with Crippen molar-refractivity contribution in [1.29, 1.82) is 0 Å². The quantitative estimate of drug-likeness (QED) is 0.870. The Hall–Kier alpha value is -1.81. The minimum Gasteiger partial charge on any atom is -0.497 e. The van der Waals surface area contributed by atoms with Gasteiger partial charge in [-0.2, -0.15) is 0 Å². The maximum absolute atomic E-state index is 11.4. The molecular weight excluding hydrogens is 266 g/mol. The Labute approximate surface area is 116 Å². The lowest BCUT2D eigenvalue weighted by molar-refractivity contribution is 0.0695. The van der Waals surface area contributed by atoms with Crippen molar-refractivity contribution in [3.05, 3.63) is 34.5 Å². The molecule has 19 heavy (non-hydrogen) atoms. The summed E-state index contributed by atoms with van der Waals surface area (Å²) < 4.78 is 5.14. The molecule has 1 N–H and O–H groups in total. The molecule has 1 aromatic heterocycles. The first-order valence-electron chi connectivity index (χ1n) is 5.86. The zero-order valence-electron chi connectivity index (χ0n) is 10.9. The maximum Gasteiger partial charge on any atom is 0.339 e. The molecule has 2 aromatic rings. The van der Waals surface area contributed by atoms with E-state index in [1.165, 1.54) is 0 Å². The number of carbonyl (C=O) groups is 1. The minimum atomic E-state index is -1.06. The molecule has 0 spiro atoms. The number of halogens is 1. The number of hydrogen-bond acceptors (Lipinski definition) is 3. The van der Waals surface area contributed by atoms with Gasteiger partial charge >= 0.3 is 5.97 Å². The second kappa shape index (κ2) is 5.05. The van der Waals surface area contributed by atoms with Crippen molar-refractivity contribution in [2.75, 3.05) is 7.11 Å². The first-order valence-corrected chi connectivity index (χ1v) is 6.24. The lowest BCUT2D eigenvalue weighted by Crippen LogP contribution is -2.07. The lowest BCUT2D eigenvalue weighted by Gasteiger charge is -2.15. The fourth-order valence-corrected chi connectivity index (χ4v) is 2.44. The van der Waals surface area contributed by atoms with Crippen LogP contribution in [0.1, 0.15) is 35.7 Å². The van der Waals surface area contributed by atoms with Crippen molar-refractivity contribution < 1.29 is 14.6 Å². The number of aromatic carboxylic acids is 1. The number of ether oxygens (including phenoxy) is 1. The second-order valence-electron chi connectivity index (χ2n) is 4.53. The number of pyridine rings is 1.